The molecule has 36 heavy (non-hydrogen) atoms. The van der Waals surface area contributed by atoms with Crippen LogP contribution in [0.4, 0.5) is 5.69 Å². The number of allylic oxidation sites excluding steroid dienone is 1. The van der Waals surface area contributed by atoms with Crippen molar-refractivity contribution in [2.24, 2.45) is 0 Å². The molecule has 3 aromatic carbocycles. The molecule has 8 heteroatoms. The molecule has 184 valence electrons. The maximum atomic E-state index is 12.8. The van der Waals surface area contributed by atoms with Crippen molar-refractivity contribution in [3.05, 3.63) is 104 Å². The van der Waals surface area contributed by atoms with Crippen LogP contribution in [0, 0.1) is 18.3 Å². The summed E-state index contributed by atoms with van der Waals surface area (Å²) < 4.78 is 11.6. The Balaban J connectivity index is 1.92. The summed E-state index contributed by atoms with van der Waals surface area (Å²) in [5.41, 5.74) is 3.28. The van der Waals surface area contributed by atoms with Gasteiger partial charge in [-0.2, -0.15) is 5.26 Å². The minimum Gasteiger partial charge on any atom is -0.493 e. The van der Waals surface area contributed by atoms with Crippen molar-refractivity contribution in [3.63, 3.8) is 0 Å². The second-order valence-electron chi connectivity index (χ2n) is 7.76. The van der Waals surface area contributed by atoms with Gasteiger partial charge in [0.1, 0.15) is 18.2 Å². The Morgan fingerprint density at radius 1 is 1.11 bits per heavy atom. The van der Waals surface area contributed by atoms with E-state index in [1.54, 1.807) is 55.5 Å². The lowest BCUT2D eigenvalue weighted by atomic mass is 10.0. The fourth-order valence-electron chi connectivity index (χ4n) is 3.43. The second kappa shape index (κ2) is 12.5. The van der Waals surface area contributed by atoms with Gasteiger partial charge in [-0.05, 0) is 66.9 Å². The largest absolute Gasteiger partial charge is 0.493 e. The number of hydrogen-bond acceptors (Lipinski definition) is 4. The third-order valence-electron chi connectivity index (χ3n) is 5.32. The van der Waals surface area contributed by atoms with Gasteiger partial charge in [0.15, 0.2) is 11.5 Å². The van der Waals surface area contributed by atoms with Crippen LogP contribution in [0.15, 0.2) is 66.8 Å². The highest BCUT2D eigenvalue weighted by Gasteiger charge is 2.16. The number of anilines is 1. The molecule has 3 aromatic rings. The number of hydrogen-bond donors (Lipinski definition) is 1. The van der Waals surface area contributed by atoms with Gasteiger partial charge in [0, 0.05) is 31.9 Å². The molecular formula is C28H23Cl3N2O3. The summed E-state index contributed by atoms with van der Waals surface area (Å²) in [7, 11) is 1.52. The Morgan fingerprint density at radius 3 is 2.56 bits per heavy atom. The summed E-state index contributed by atoms with van der Waals surface area (Å²) >= 11 is 18.4. The van der Waals surface area contributed by atoms with Crippen LogP contribution in [-0.4, -0.2) is 13.0 Å². The van der Waals surface area contributed by atoms with E-state index >= 15 is 0 Å². The van der Waals surface area contributed by atoms with Gasteiger partial charge in [-0.3, -0.25) is 4.79 Å². The molecular weight excluding hydrogens is 519 g/mol. The summed E-state index contributed by atoms with van der Waals surface area (Å²) in [4.78, 5) is 12.8. The molecule has 0 aliphatic carbocycles. The molecule has 1 N–H and O–H groups in total. The monoisotopic (exact) mass is 540 g/mol. The molecule has 0 spiro atoms. The maximum absolute atomic E-state index is 12.8. The Morgan fingerprint density at radius 2 is 1.89 bits per heavy atom. The number of nitrogens with zero attached hydrogens (tertiary/aromatic N) is 1. The van der Waals surface area contributed by atoms with Gasteiger partial charge in [0.25, 0.3) is 5.91 Å². The third kappa shape index (κ3) is 6.61. The molecule has 0 aliphatic heterocycles. The van der Waals surface area contributed by atoms with Gasteiger partial charge in [-0.1, -0.05) is 53.0 Å². The van der Waals surface area contributed by atoms with Crippen molar-refractivity contribution in [2.75, 3.05) is 12.4 Å². The summed E-state index contributed by atoms with van der Waals surface area (Å²) in [6, 6.07) is 15.8. The number of halogens is 3. The minimum absolute atomic E-state index is 0.0809. The number of ether oxygens (including phenoxy) is 2. The highest BCUT2D eigenvalue weighted by Crippen LogP contribution is 2.36. The van der Waals surface area contributed by atoms with Gasteiger partial charge < -0.3 is 14.8 Å². The number of rotatable bonds is 9. The van der Waals surface area contributed by atoms with Crippen molar-refractivity contribution in [2.45, 2.75) is 20.0 Å². The number of carbonyl (C=O) groups is 1. The average Bonchev–Trinajstić information content (AvgIpc) is 2.85. The van der Waals surface area contributed by atoms with Crippen LogP contribution in [0.3, 0.4) is 0 Å². The maximum Gasteiger partial charge on any atom is 0.266 e. The van der Waals surface area contributed by atoms with Crippen LogP contribution in [0.25, 0.3) is 6.08 Å². The molecule has 0 saturated heterocycles. The van der Waals surface area contributed by atoms with Crippen molar-refractivity contribution in [1.29, 1.82) is 5.26 Å². The molecule has 0 atom stereocenters. The Bertz CT molecular complexity index is 1380. The van der Waals surface area contributed by atoms with Crippen molar-refractivity contribution in [3.8, 4) is 17.6 Å². The fraction of sp³-hybridized carbons (Fsp3) is 0.143. The molecule has 1 amide bonds. The first kappa shape index (κ1) is 27.2. The summed E-state index contributed by atoms with van der Waals surface area (Å²) in [5, 5.41) is 14.0. The summed E-state index contributed by atoms with van der Waals surface area (Å²) in [5.74, 6) is 0.400. The SMILES string of the molecule is C=CCc1cc(/C=C(\C#N)C(=O)Nc2cccc(Cl)c2C)cc(OC)c1OCc1ccc(Cl)cc1Cl. The van der Waals surface area contributed by atoms with E-state index in [1.165, 1.54) is 13.2 Å². The zero-order valence-electron chi connectivity index (χ0n) is 19.7. The topological polar surface area (TPSA) is 71.4 Å². The van der Waals surface area contributed by atoms with Crippen LogP contribution in [0.2, 0.25) is 15.1 Å². The summed E-state index contributed by atoms with van der Waals surface area (Å²) in [6.07, 6.45) is 3.69. The van der Waals surface area contributed by atoms with Crippen LogP contribution in [-0.2, 0) is 17.8 Å². The van der Waals surface area contributed by atoms with E-state index in [2.05, 4.69) is 11.9 Å². The van der Waals surface area contributed by atoms with Gasteiger partial charge in [0.05, 0.1) is 7.11 Å². The minimum atomic E-state index is -0.551. The lowest BCUT2D eigenvalue weighted by Crippen LogP contribution is -2.14. The van der Waals surface area contributed by atoms with E-state index in [9.17, 15) is 10.1 Å². The number of carbonyl (C=O) groups excluding carboxylic acids is 1. The van der Waals surface area contributed by atoms with Gasteiger partial charge >= 0.3 is 0 Å². The Hall–Kier alpha value is -3.43. The molecule has 5 nitrogen and oxygen atoms in total. The number of methoxy groups -OCH3 is 1. The van der Waals surface area contributed by atoms with E-state index in [1.807, 2.05) is 12.1 Å². The van der Waals surface area contributed by atoms with Crippen LogP contribution < -0.4 is 14.8 Å². The molecule has 0 saturated carbocycles. The predicted molar refractivity (Wildman–Crippen MR) is 146 cm³/mol. The first-order valence-electron chi connectivity index (χ1n) is 10.8. The molecule has 0 heterocycles. The number of amides is 1. The Kier molecular flexibility index (Phi) is 9.44. The zero-order valence-corrected chi connectivity index (χ0v) is 22.0. The zero-order chi connectivity index (χ0) is 26.2. The van der Waals surface area contributed by atoms with E-state index in [0.717, 1.165) is 11.1 Å². The number of nitriles is 1. The summed E-state index contributed by atoms with van der Waals surface area (Å²) in [6.45, 7) is 5.80. The lowest BCUT2D eigenvalue weighted by Gasteiger charge is -2.16. The van der Waals surface area contributed by atoms with Crippen LogP contribution >= 0.6 is 34.8 Å². The van der Waals surface area contributed by atoms with Crippen LogP contribution in [0.5, 0.6) is 11.5 Å². The Labute approximate surface area is 225 Å². The van der Waals surface area contributed by atoms with Crippen molar-refractivity contribution in [1.82, 2.24) is 0 Å². The molecule has 0 fully saturated rings. The molecule has 0 aliphatic rings. The normalized spacial score (nSPS) is 10.9. The first-order valence-corrected chi connectivity index (χ1v) is 12.0. The molecule has 0 aromatic heterocycles. The fourth-order valence-corrected chi connectivity index (χ4v) is 4.06. The van der Waals surface area contributed by atoms with Gasteiger partial charge in [-0.25, -0.2) is 0 Å². The quantitative estimate of drug-likeness (QED) is 0.170. The predicted octanol–water partition coefficient (Wildman–Crippen LogP) is 7.82. The van der Waals surface area contributed by atoms with Gasteiger partial charge in [0.2, 0.25) is 0 Å². The molecule has 3 rings (SSSR count). The second-order valence-corrected chi connectivity index (χ2v) is 9.02. The molecule has 0 radical (unpaired) electrons. The standard InChI is InChI=1S/C28H23Cl3N2O3/c1-4-6-19-11-18(12-21(15-32)28(34)33-25-8-5-7-23(30)17(25)2)13-26(35-3)27(19)36-16-20-9-10-22(29)14-24(20)31/h4-5,7-14H,1,6,16H2,2-3H3,(H,33,34)/b21-12+. The smallest absolute Gasteiger partial charge is 0.266 e. The van der Waals surface area contributed by atoms with E-state index < -0.39 is 5.91 Å². The number of benzene rings is 3. The third-order valence-corrected chi connectivity index (χ3v) is 6.31. The number of nitrogens with one attached hydrogen (secondary N) is 1. The van der Waals surface area contributed by atoms with Crippen LogP contribution in [0.1, 0.15) is 22.3 Å². The van der Waals surface area contributed by atoms with Crippen molar-refractivity contribution >= 4 is 52.5 Å². The van der Waals surface area contributed by atoms with E-state index in [4.69, 9.17) is 44.3 Å². The molecule has 0 unspecified atom stereocenters. The first-order chi connectivity index (χ1) is 17.3. The molecule has 0 bridgehead atoms. The van der Waals surface area contributed by atoms with E-state index in [0.29, 0.717) is 49.8 Å². The lowest BCUT2D eigenvalue weighted by molar-refractivity contribution is -0.112. The van der Waals surface area contributed by atoms with E-state index in [-0.39, 0.29) is 12.2 Å². The van der Waals surface area contributed by atoms with Gasteiger partial charge in [-0.15, -0.1) is 6.58 Å². The average molecular weight is 542 g/mol. The van der Waals surface area contributed by atoms with Crippen molar-refractivity contribution < 1.29 is 14.3 Å². The highest BCUT2D eigenvalue weighted by molar-refractivity contribution is 6.35. The highest BCUT2D eigenvalue weighted by atomic mass is 35.5.